The summed E-state index contributed by atoms with van der Waals surface area (Å²) in [6, 6.07) is 29.6. The lowest BCUT2D eigenvalue weighted by molar-refractivity contribution is -0.0000136. The normalized spacial score (nSPS) is 12.1. The number of rotatable bonds is 8. The maximum atomic E-state index is 13.2. The van der Waals surface area contributed by atoms with Gasteiger partial charge >= 0.3 is 0 Å². The number of benzene rings is 3. The Kier molecular flexibility index (Phi) is 8.80. The summed E-state index contributed by atoms with van der Waals surface area (Å²) in [4.78, 5) is 13.2. The number of ketones is 1. The van der Waals surface area contributed by atoms with Gasteiger partial charge in [0.2, 0.25) is 0 Å². The van der Waals surface area contributed by atoms with Gasteiger partial charge in [-0.25, -0.2) is 0 Å². The van der Waals surface area contributed by atoms with Crippen LogP contribution in [0, 0.1) is 5.92 Å². The summed E-state index contributed by atoms with van der Waals surface area (Å²) in [5, 5.41) is 3.81. The molecule has 3 aromatic rings. The van der Waals surface area contributed by atoms with E-state index in [0.717, 1.165) is 18.4 Å². The molecule has 1 nitrogen and oxygen atoms in total. The summed E-state index contributed by atoms with van der Waals surface area (Å²) in [5.74, 6) is 0.856. The molecule has 0 N–H and O–H groups in total. The van der Waals surface area contributed by atoms with E-state index in [4.69, 9.17) is 0 Å². The van der Waals surface area contributed by atoms with Crippen LogP contribution in [0.3, 0.4) is 0 Å². The van der Waals surface area contributed by atoms with Gasteiger partial charge in [0, 0.05) is 6.42 Å². The Morgan fingerprint density at radius 1 is 0.828 bits per heavy atom. The molecule has 0 bridgehead atoms. The van der Waals surface area contributed by atoms with Gasteiger partial charge < -0.3 is 17.0 Å². The number of carbonyl (C=O) groups excluding carboxylic acids is 1. The van der Waals surface area contributed by atoms with Crippen LogP contribution < -0.4 is 32.9 Å². The second-order valence-corrected chi connectivity index (χ2v) is 11.2. The third-order valence-electron chi connectivity index (χ3n) is 5.79. The minimum atomic E-state index is -1.89. The molecular weight excluding hydrogens is 439 g/mol. The number of halogens is 1. The van der Waals surface area contributed by atoms with Crippen LogP contribution in [0.5, 0.6) is 0 Å². The Morgan fingerprint density at radius 3 is 1.83 bits per heavy atom. The van der Waals surface area contributed by atoms with E-state index in [2.05, 4.69) is 93.3 Å². The molecule has 0 aromatic heterocycles. The third-order valence-corrected chi connectivity index (χ3v) is 9.81. The Bertz CT molecular complexity index is 869. The predicted molar refractivity (Wildman–Crippen MR) is 124 cm³/mol. The minimum absolute atomic E-state index is 0. The Balaban J connectivity index is 0.00000300. The van der Waals surface area contributed by atoms with Crippen molar-refractivity contribution in [3.05, 3.63) is 90.5 Å². The zero-order valence-corrected chi connectivity index (χ0v) is 20.0. The minimum Gasteiger partial charge on any atom is -1.00 e. The SMILES string of the molecule is CCC(C)CCC(=O)c1ccccc1[P+](C)(c1ccccc1)c1ccccc1.[Br-]. The van der Waals surface area contributed by atoms with Crippen LogP contribution in [0.1, 0.15) is 43.5 Å². The number of hydrogen-bond acceptors (Lipinski definition) is 1. The van der Waals surface area contributed by atoms with Crippen molar-refractivity contribution in [3.63, 3.8) is 0 Å². The Morgan fingerprint density at radius 2 is 1.31 bits per heavy atom. The predicted octanol–water partition coefficient (Wildman–Crippen LogP) is 2.62. The first-order valence-corrected chi connectivity index (χ1v) is 12.4. The van der Waals surface area contributed by atoms with Gasteiger partial charge in [-0.15, -0.1) is 0 Å². The number of Topliss-reactive ketones (excluding diaryl/α,β-unsaturated/α-hetero) is 1. The van der Waals surface area contributed by atoms with Crippen LogP contribution in [-0.4, -0.2) is 12.4 Å². The zero-order valence-electron chi connectivity index (χ0n) is 17.5. The molecule has 3 aromatic carbocycles. The molecule has 0 amide bonds. The van der Waals surface area contributed by atoms with Gasteiger partial charge in [-0.3, -0.25) is 4.79 Å². The summed E-state index contributed by atoms with van der Waals surface area (Å²) in [5.41, 5.74) is 0.898. The zero-order chi connectivity index (χ0) is 20.0. The van der Waals surface area contributed by atoms with Gasteiger partial charge in [0.05, 0.1) is 12.2 Å². The van der Waals surface area contributed by atoms with Crippen molar-refractivity contribution in [2.45, 2.75) is 33.1 Å². The summed E-state index contributed by atoms with van der Waals surface area (Å²) in [6.45, 7) is 6.76. The van der Waals surface area contributed by atoms with E-state index in [1.165, 1.54) is 15.9 Å². The van der Waals surface area contributed by atoms with Crippen molar-refractivity contribution in [1.29, 1.82) is 0 Å². The van der Waals surface area contributed by atoms with Crippen molar-refractivity contribution < 1.29 is 21.8 Å². The van der Waals surface area contributed by atoms with Crippen LogP contribution in [0.4, 0.5) is 0 Å². The summed E-state index contributed by atoms with van der Waals surface area (Å²) < 4.78 is 0. The molecule has 0 saturated heterocycles. The summed E-state index contributed by atoms with van der Waals surface area (Å²) >= 11 is 0. The van der Waals surface area contributed by atoms with Crippen LogP contribution in [0.2, 0.25) is 0 Å². The maximum absolute atomic E-state index is 13.2. The van der Waals surface area contributed by atoms with Crippen LogP contribution in [0.15, 0.2) is 84.9 Å². The first-order chi connectivity index (χ1) is 13.6. The van der Waals surface area contributed by atoms with Gasteiger partial charge in [-0.1, -0.05) is 68.8 Å². The molecule has 0 heterocycles. The van der Waals surface area contributed by atoms with E-state index < -0.39 is 7.26 Å². The number of carbonyl (C=O) groups is 1. The van der Waals surface area contributed by atoms with Gasteiger partial charge in [-0.2, -0.15) is 0 Å². The topological polar surface area (TPSA) is 17.1 Å². The quantitative estimate of drug-likeness (QED) is 0.366. The fourth-order valence-electron chi connectivity index (χ4n) is 3.70. The highest BCUT2D eigenvalue weighted by Gasteiger charge is 2.42. The van der Waals surface area contributed by atoms with E-state index in [1.807, 2.05) is 12.1 Å². The molecule has 0 saturated carbocycles. The van der Waals surface area contributed by atoms with Crippen molar-refractivity contribution in [2.24, 2.45) is 5.92 Å². The molecule has 29 heavy (non-hydrogen) atoms. The second-order valence-electron chi connectivity index (χ2n) is 7.67. The van der Waals surface area contributed by atoms with E-state index in [9.17, 15) is 4.79 Å². The highest BCUT2D eigenvalue weighted by molar-refractivity contribution is 7.95. The fourth-order valence-corrected chi connectivity index (χ4v) is 7.15. The molecule has 0 aliphatic carbocycles. The largest absolute Gasteiger partial charge is 1.00 e. The van der Waals surface area contributed by atoms with Crippen LogP contribution in [0.25, 0.3) is 0 Å². The summed E-state index contributed by atoms with van der Waals surface area (Å²) in [7, 11) is -1.89. The van der Waals surface area contributed by atoms with E-state index in [0.29, 0.717) is 12.3 Å². The average molecular weight is 469 g/mol. The monoisotopic (exact) mass is 468 g/mol. The Labute approximate surface area is 186 Å². The average Bonchev–Trinajstić information content (AvgIpc) is 2.77. The molecule has 3 heteroatoms. The van der Waals surface area contributed by atoms with Crippen molar-refractivity contribution >= 4 is 29.0 Å². The van der Waals surface area contributed by atoms with Crippen molar-refractivity contribution in [2.75, 3.05) is 6.66 Å². The molecule has 1 atom stereocenters. The molecule has 3 rings (SSSR count). The molecule has 152 valence electrons. The van der Waals surface area contributed by atoms with Crippen LogP contribution >= 0.6 is 7.26 Å². The molecule has 0 spiro atoms. The molecule has 0 aliphatic heterocycles. The first kappa shape index (κ1) is 23.5. The highest BCUT2D eigenvalue weighted by Crippen LogP contribution is 2.52. The van der Waals surface area contributed by atoms with E-state index in [-0.39, 0.29) is 22.8 Å². The Hall–Kier alpha value is -1.76. The maximum Gasteiger partial charge on any atom is 0.166 e. The van der Waals surface area contributed by atoms with Gasteiger partial charge in [-0.05, 0) is 48.7 Å². The molecule has 0 radical (unpaired) electrons. The highest BCUT2D eigenvalue weighted by atomic mass is 79.9. The van der Waals surface area contributed by atoms with Crippen LogP contribution in [-0.2, 0) is 0 Å². The van der Waals surface area contributed by atoms with Crippen molar-refractivity contribution in [1.82, 2.24) is 0 Å². The van der Waals surface area contributed by atoms with Crippen molar-refractivity contribution in [3.8, 4) is 0 Å². The van der Waals surface area contributed by atoms with Gasteiger partial charge in [0.15, 0.2) is 5.78 Å². The second kappa shape index (κ2) is 10.9. The molecule has 0 fully saturated rings. The number of hydrogen-bond donors (Lipinski definition) is 0. The van der Waals surface area contributed by atoms with Gasteiger partial charge in [0.25, 0.3) is 0 Å². The standard InChI is InChI=1S/C26H30OP.BrH/c1-4-21(2)19-20-25(27)24-17-11-12-18-26(24)28(3,22-13-7-5-8-14-22)23-15-9-6-10-16-23;/h5-18,21H,4,19-20H2,1-3H3;1H/q+1;/p-1. The van der Waals surface area contributed by atoms with Gasteiger partial charge in [0.1, 0.15) is 23.2 Å². The first-order valence-electron chi connectivity index (χ1n) is 10.2. The van der Waals surface area contributed by atoms with E-state index >= 15 is 0 Å². The fraction of sp³-hybridized carbons (Fsp3) is 0.269. The lowest BCUT2D eigenvalue weighted by atomic mass is 9.98. The lowest BCUT2D eigenvalue weighted by Crippen LogP contribution is -3.00. The molecule has 1 unspecified atom stereocenters. The smallest absolute Gasteiger partial charge is 0.166 e. The summed E-state index contributed by atoms with van der Waals surface area (Å²) in [6.07, 6.45) is 2.69. The lowest BCUT2D eigenvalue weighted by Gasteiger charge is -2.25. The third kappa shape index (κ3) is 5.24. The van der Waals surface area contributed by atoms with E-state index in [1.54, 1.807) is 0 Å². The molecule has 0 aliphatic rings. The molecular formula is C26H30BrOP.